The van der Waals surface area contributed by atoms with Crippen molar-refractivity contribution in [2.75, 3.05) is 17.7 Å². The molecule has 2 aromatic rings. The predicted octanol–water partition coefficient (Wildman–Crippen LogP) is 1.27. The Morgan fingerprint density at radius 2 is 2.17 bits per heavy atom. The smallest absolute Gasteiger partial charge is 0.289 e. The number of nitriles is 1. The summed E-state index contributed by atoms with van der Waals surface area (Å²) in [6.45, 7) is 0. The van der Waals surface area contributed by atoms with Gasteiger partial charge in [0.05, 0.1) is 11.3 Å². The molecule has 0 atom stereocenters. The van der Waals surface area contributed by atoms with Gasteiger partial charge in [0, 0.05) is 7.05 Å². The van der Waals surface area contributed by atoms with Crippen LogP contribution in [0.1, 0.15) is 15.4 Å². The molecular weight excluding hydrogens is 250 g/mol. The lowest BCUT2D eigenvalue weighted by Crippen LogP contribution is -2.26. The normalized spacial score (nSPS) is 9.78. The van der Waals surface area contributed by atoms with E-state index in [1.54, 1.807) is 31.3 Å². The van der Waals surface area contributed by atoms with E-state index >= 15 is 0 Å². The Labute approximate surface area is 107 Å². The fraction of sp³-hybridized carbons (Fsp3) is 0.0909. The Morgan fingerprint density at radius 3 is 2.78 bits per heavy atom. The number of para-hydroxylation sites is 1. The minimum atomic E-state index is -0.341. The monoisotopic (exact) mass is 259 g/mol. The van der Waals surface area contributed by atoms with Crippen LogP contribution in [0.2, 0.25) is 0 Å². The van der Waals surface area contributed by atoms with Crippen LogP contribution in [0.15, 0.2) is 24.3 Å². The molecule has 2 N–H and O–H groups in total. The first-order valence-corrected chi connectivity index (χ1v) is 5.81. The molecule has 0 fully saturated rings. The zero-order chi connectivity index (χ0) is 13.1. The second-order valence-electron chi connectivity index (χ2n) is 3.44. The van der Waals surface area contributed by atoms with Crippen molar-refractivity contribution in [2.45, 2.75) is 0 Å². The summed E-state index contributed by atoms with van der Waals surface area (Å²) in [4.78, 5) is 13.5. The van der Waals surface area contributed by atoms with Gasteiger partial charge < -0.3 is 10.6 Å². The van der Waals surface area contributed by atoms with Crippen molar-refractivity contribution in [1.29, 1.82) is 5.26 Å². The molecule has 1 amide bonds. The van der Waals surface area contributed by atoms with Crippen molar-refractivity contribution in [1.82, 2.24) is 10.2 Å². The predicted molar refractivity (Wildman–Crippen MR) is 68.2 cm³/mol. The van der Waals surface area contributed by atoms with Crippen LogP contribution in [-0.2, 0) is 0 Å². The van der Waals surface area contributed by atoms with Crippen molar-refractivity contribution >= 4 is 28.1 Å². The maximum atomic E-state index is 12.1. The van der Waals surface area contributed by atoms with Crippen LogP contribution in [0.5, 0.6) is 0 Å². The SMILES string of the molecule is CN(C(=O)c1nnc(N)s1)c1ccccc1C#N. The first kappa shape index (κ1) is 12.0. The molecule has 2 rings (SSSR count). The van der Waals surface area contributed by atoms with E-state index in [1.807, 2.05) is 6.07 Å². The number of hydrogen-bond acceptors (Lipinski definition) is 6. The van der Waals surface area contributed by atoms with Gasteiger partial charge in [-0.1, -0.05) is 23.5 Å². The van der Waals surface area contributed by atoms with E-state index in [4.69, 9.17) is 11.0 Å². The van der Waals surface area contributed by atoms with Crippen LogP contribution >= 0.6 is 11.3 Å². The number of amides is 1. The quantitative estimate of drug-likeness (QED) is 0.876. The molecule has 7 heteroatoms. The average molecular weight is 259 g/mol. The van der Waals surface area contributed by atoms with E-state index in [2.05, 4.69) is 10.2 Å². The molecule has 1 aromatic heterocycles. The molecule has 0 saturated carbocycles. The number of rotatable bonds is 2. The highest BCUT2D eigenvalue weighted by molar-refractivity contribution is 7.17. The van der Waals surface area contributed by atoms with E-state index in [0.29, 0.717) is 11.3 Å². The lowest BCUT2D eigenvalue weighted by molar-refractivity contribution is 0.0992. The second kappa shape index (κ2) is 4.81. The summed E-state index contributed by atoms with van der Waals surface area (Å²) >= 11 is 1.01. The van der Waals surface area contributed by atoms with Gasteiger partial charge in [-0.25, -0.2) is 0 Å². The molecule has 6 nitrogen and oxygen atoms in total. The van der Waals surface area contributed by atoms with Gasteiger partial charge in [0.2, 0.25) is 10.1 Å². The summed E-state index contributed by atoms with van der Waals surface area (Å²) in [5.41, 5.74) is 6.38. The molecule has 1 aromatic carbocycles. The summed E-state index contributed by atoms with van der Waals surface area (Å²) in [5, 5.41) is 16.7. The highest BCUT2D eigenvalue weighted by Crippen LogP contribution is 2.21. The summed E-state index contributed by atoms with van der Waals surface area (Å²) in [6.07, 6.45) is 0. The van der Waals surface area contributed by atoms with Crippen molar-refractivity contribution in [3.05, 3.63) is 34.8 Å². The van der Waals surface area contributed by atoms with Crippen LogP contribution in [0.25, 0.3) is 0 Å². The number of benzene rings is 1. The Hall–Kier alpha value is -2.46. The third kappa shape index (κ3) is 2.14. The lowest BCUT2D eigenvalue weighted by Gasteiger charge is -2.16. The van der Waals surface area contributed by atoms with E-state index in [0.717, 1.165) is 11.3 Å². The van der Waals surface area contributed by atoms with E-state index in [9.17, 15) is 4.79 Å². The molecule has 0 radical (unpaired) electrons. The fourth-order valence-electron chi connectivity index (χ4n) is 1.43. The molecule has 0 unspecified atom stereocenters. The summed E-state index contributed by atoms with van der Waals surface area (Å²) in [6, 6.07) is 8.88. The van der Waals surface area contributed by atoms with Gasteiger partial charge >= 0.3 is 0 Å². The molecule has 18 heavy (non-hydrogen) atoms. The number of nitrogens with two attached hydrogens (primary N) is 1. The van der Waals surface area contributed by atoms with E-state index in [1.165, 1.54) is 4.90 Å². The molecule has 0 aliphatic rings. The summed E-state index contributed by atoms with van der Waals surface area (Å²) in [5.74, 6) is -0.341. The number of hydrogen-bond donors (Lipinski definition) is 1. The molecule has 0 saturated heterocycles. The van der Waals surface area contributed by atoms with Crippen LogP contribution < -0.4 is 10.6 Å². The number of carbonyl (C=O) groups excluding carboxylic acids is 1. The highest BCUT2D eigenvalue weighted by atomic mass is 32.1. The molecular formula is C11H9N5OS. The maximum Gasteiger partial charge on any atom is 0.289 e. The topological polar surface area (TPSA) is 95.9 Å². The number of carbonyl (C=O) groups is 1. The molecule has 0 spiro atoms. The zero-order valence-corrected chi connectivity index (χ0v) is 10.3. The second-order valence-corrected chi connectivity index (χ2v) is 4.45. The first-order chi connectivity index (χ1) is 8.63. The molecule has 0 aliphatic carbocycles. The molecule has 0 aliphatic heterocycles. The van der Waals surface area contributed by atoms with Crippen molar-refractivity contribution in [3.8, 4) is 6.07 Å². The van der Waals surface area contributed by atoms with Gasteiger partial charge in [-0.05, 0) is 12.1 Å². The third-order valence-corrected chi connectivity index (χ3v) is 3.05. The lowest BCUT2D eigenvalue weighted by atomic mass is 10.2. The van der Waals surface area contributed by atoms with Gasteiger partial charge in [0.25, 0.3) is 5.91 Å². The Bertz CT molecular complexity index is 630. The minimum Gasteiger partial charge on any atom is -0.374 e. The van der Waals surface area contributed by atoms with Gasteiger partial charge in [-0.15, -0.1) is 10.2 Å². The number of aromatic nitrogens is 2. The number of nitrogen functional groups attached to an aromatic ring is 1. The molecule has 90 valence electrons. The largest absolute Gasteiger partial charge is 0.374 e. The van der Waals surface area contributed by atoms with Crippen molar-refractivity contribution in [3.63, 3.8) is 0 Å². The minimum absolute atomic E-state index is 0.197. The van der Waals surface area contributed by atoms with Gasteiger partial charge in [-0.2, -0.15) is 5.26 Å². The first-order valence-electron chi connectivity index (χ1n) is 4.99. The summed E-state index contributed by atoms with van der Waals surface area (Å²) < 4.78 is 0. The number of nitrogens with zero attached hydrogens (tertiary/aromatic N) is 4. The van der Waals surface area contributed by atoms with Gasteiger partial charge in [0.1, 0.15) is 6.07 Å². The number of anilines is 2. The standard InChI is InChI=1S/C11H9N5OS/c1-16(8-5-3-2-4-7(8)6-12)10(17)9-14-15-11(13)18-9/h2-5H,1H3,(H2,13,15). The van der Waals surface area contributed by atoms with Gasteiger partial charge in [0.15, 0.2) is 0 Å². The van der Waals surface area contributed by atoms with Crippen molar-refractivity contribution in [2.24, 2.45) is 0 Å². The Morgan fingerprint density at radius 1 is 1.44 bits per heavy atom. The van der Waals surface area contributed by atoms with Crippen LogP contribution in [0.4, 0.5) is 10.8 Å². The average Bonchev–Trinajstić information content (AvgIpc) is 2.83. The zero-order valence-electron chi connectivity index (χ0n) is 9.49. The van der Waals surface area contributed by atoms with E-state index in [-0.39, 0.29) is 16.0 Å². The third-order valence-electron chi connectivity index (χ3n) is 2.31. The Kier molecular flexibility index (Phi) is 3.21. The molecule has 0 bridgehead atoms. The maximum absolute atomic E-state index is 12.1. The van der Waals surface area contributed by atoms with Crippen LogP contribution in [0, 0.1) is 11.3 Å². The van der Waals surface area contributed by atoms with Crippen LogP contribution in [0.3, 0.4) is 0 Å². The van der Waals surface area contributed by atoms with Crippen molar-refractivity contribution < 1.29 is 4.79 Å². The van der Waals surface area contributed by atoms with E-state index < -0.39 is 0 Å². The molecule has 1 heterocycles. The van der Waals surface area contributed by atoms with Gasteiger partial charge in [-0.3, -0.25) is 4.79 Å². The fourth-order valence-corrected chi connectivity index (χ4v) is 2.02. The van der Waals surface area contributed by atoms with Crippen LogP contribution in [-0.4, -0.2) is 23.2 Å². The highest BCUT2D eigenvalue weighted by Gasteiger charge is 2.19. The Balaban J connectivity index is 2.34. The summed E-state index contributed by atoms with van der Waals surface area (Å²) in [7, 11) is 1.58.